The third kappa shape index (κ3) is 3.40. The molecule has 1 fully saturated rings. The van der Waals surface area contributed by atoms with Gasteiger partial charge in [-0.2, -0.15) is 4.37 Å². The van der Waals surface area contributed by atoms with Gasteiger partial charge in [0.15, 0.2) is 5.82 Å². The summed E-state index contributed by atoms with van der Waals surface area (Å²) in [7, 11) is 0. The van der Waals surface area contributed by atoms with E-state index in [4.69, 9.17) is 10.5 Å². The van der Waals surface area contributed by atoms with Gasteiger partial charge in [-0.25, -0.2) is 0 Å². The van der Waals surface area contributed by atoms with Crippen molar-refractivity contribution in [2.24, 2.45) is 5.73 Å². The summed E-state index contributed by atoms with van der Waals surface area (Å²) >= 11 is 0.973. The van der Waals surface area contributed by atoms with Gasteiger partial charge in [-0.1, -0.05) is 0 Å². The number of unbranched alkanes of at least 4 members (excludes halogenated alkanes) is 1. The van der Waals surface area contributed by atoms with Crippen molar-refractivity contribution in [1.29, 1.82) is 0 Å². The standard InChI is InChI=1S/C11H18N4O3S/c12-4-2-1-3-9-10(13-19-11(9)15(16)17)14-5-7-18-8-6-14/h1-8,12H2. The van der Waals surface area contributed by atoms with Crippen molar-refractivity contribution in [2.45, 2.75) is 19.3 Å². The van der Waals surface area contributed by atoms with E-state index in [1.165, 1.54) is 0 Å². The van der Waals surface area contributed by atoms with Crippen LogP contribution in [-0.4, -0.2) is 42.1 Å². The highest BCUT2D eigenvalue weighted by Gasteiger charge is 2.26. The Morgan fingerprint density at radius 1 is 1.42 bits per heavy atom. The van der Waals surface area contributed by atoms with E-state index in [0.29, 0.717) is 26.2 Å². The monoisotopic (exact) mass is 286 g/mol. The predicted octanol–water partition coefficient (Wildman–Crippen LogP) is 1.17. The maximum atomic E-state index is 11.1. The van der Waals surface area contributed by atoms with Gasteiger partial charge in [0, 0.05) is 24.6 Å². The first kappa shape index (κ1) is 14.2. The van der Waals surface area contributed by atoms with Crippen LogP contribution in [0.4, 0.5) is 10.8 Å². The third-order valence-electron chi connectivity index (χ3n) is 3.10. The molecule has 1 aromatic heterocycles. The average Bonchev–Trinajstić information content (AvgIpc) is 2.84. The van der Waals surface area contributed by atoms with Crippen molar-refractivity contribution in [2.75, 3.05) is 37.7 Å². The maximum Gasteiger partial charge on any atom is 0.348 e. The molecule has 19 heavy (non-hydrogen) atoms. The topological polar surface area (TPSA) is 94.5 Å². The van der Waals surface area contributed by atoms with Crippen molar-refractivity contribution in [3.05, 3.63) is 15.7 Å². The van der Waals surface area contributed by atoms with E-state index in [2.05, 4.69) is 9.27 Å². The third-order valence-corrected chi connectivity index (χ3v) is 3.94. The first-order valence-electron chi connectivity index (χ1n) is 6.39. The molecule has 0 saturated carbocycles. The van der Waals surface area contributed by atoms with Crippen LogP contribution in [0.25, 0.3) is 0 Å². The molecule has 0 atom stereocenters. The Labute approximate surface area is 115 Å². The van der Waals surface area contributed by atoms with Gasteiger partial charge in [0.1, 0.15) is 0 Å². The van der Waals surface area contributed by atoms with E-state index < -0.39 is 0 Å². The lowest BCUT2D eigenvalue weighted by molar-refractivity contribution is -0.380. The largest absolute Gasteiger partial charge is 0.378 e. The molecule has 8 heteroatoms. The Kier molecular flexibility index (Phi) is 5.06. The van der Waals surface area contributed by atoms with Gasteiger partial charge >= 0.3 is 5.00 Å². The number of anilines is 1. The van der Waals surface area contributed by atoms with Crippen LogP contribution < -0.4 is 10.6 Å². The molecule has 2 heterocycles. The zero-order valence-corrected chi connectivity index (χ0v) is 11.5. The van der Waals surface area contributed by atoms with Gasteiger partial charge in [-0.05, 0) is 25.8 Å². The summed E-state index contributed by atoms with van der Waals surface area (Å²) in [6.45, 7) is 3.38. The van der Waals surface area contributed by atoms with Crippen LogP contribution in [0.5, 0.6) is 0 Å². The number of nitrogens with zero attached hydrogens (tertiary/aromatic N) is 3. The molecule has 106 valence electrons. The minimum Gasteiger partial charge on any atom is -0.378 e. The van der Waals surface area contributed by atoms with Gasteiger partial charge < -0.3 is 15.4 Å². The predicted molar refractivity (Wildman–Crippen MR) is 73.8 cm³/mol. The van der Waals surface area contributed by atoms with Crippen molar-refractivity contribution in [3.8, 4) is 0 Å². The highest BCUT2D eigenvalue weighted by molar-refractivity contribution is 7.09. The number of hydrogen-bond donors (Lipinski definition) is 1. The fourth-order valence-corrected chi connectivity index (χ4v) is 2.89. The van der Waals surface area contributed by atoms with Gasteiger partial charge in [-0.15, -0.1) is 0 Å². The fraction of sp³-hybridized carbons (Fsp3) is 0.727. The molecule has 2 N–H and O–H groups in total. The van der Waals surface area contributed by atoms with Crippen LogP contribution in [0.3, 0.4) is 0 Å². The number of hydrogen-bond acceptors (Lipinski definition) is 7. The average molecular weight is 286 g/mol. The Morgan fingerprint density at radius 3 is 2.79 bits per heavy atom. The summed E-state index contributed by atoms with van der Waals surface area (Å²) in [5.41, 5.74) is 6.23. The number of morpholine rings is 1. The normalized spacial score (nSPS) is 15.7. The summed E-state index contributed by atoms with van der Waals surface area (Å²) in [6, 6.07) is 0. The summed E-state index contributed by atoms with van der Waals surface area (Å²) < 4.78 is 9.58. The molecule has 1 saturated heterocycles. The second-order valence-electron chi connectivity index (χ2n) is 4.39. The second kappa shape index (κ2) is 6.78. The molecule has 0 amide bonds. The molecule has 2 rings (SSSR count). The summed E-state index contributed by atoms with van der Waals surface area (Å²) in [4.78, 5) is 12.8. The molecule has 7 nitrogen and oxygen atoms in total. The SMILES string of the molecule is NCCCCc1c(N2CCOCC2)nsc1[N+](=O)[O-]. The number of nitro groups is 1. The van der Waals surface area contributed by atoms with Gasteiger partial charge in [0.05, 0.1) is 23.7 Å². The summed E-state index contributed by atoms with van der Waals surface area (Å²) in [5, 5.41) is 11.2. The quantitative estimate of drug-likeness (QED) is 0.479. The lowest BCUT2D eigenvalue weighted by atomic mass is 10.1. The maximum absolute atomic E-state index is 11.1. The lowest BCUT2D eigenvalue weighted by Gasteiger charge is -2.27. The lowest BCUT2D eigenvalue weighted by Crippen LogP contribution is -2.37. The Bertz CT molecular complexity index is 432. The Balaban J connectivity index is 2.18. The molecule has 0 spiro atoms. The summed E-state index contributed by atoms with van der Waals surface area (Å²) in [6.07, 6.45) is 2.39. The molecule has 0 bridgehead atoms. The second-order valence-corrected chi connectivity index (χ2v) is 5.14. The van der Waals surface area contributed by atoms with Crippen molar-refractivity contribution >= 4 is 22.4 Å². The number of rotatable bonds is 6. The molecular weight excluding hydrogens is 268 g/mol. The first-order chi connectivity index (χ1) is 9.24. The number of ether oxygens (including phenoxy) is 1. The van der Waals surface area contributed by atoms with E-state index in [0.717, 1.165) is 48.8 Å². The molecular formula is C11H18N4O3S. The van der Waals surface area contributed by atoms with E-state index in [1.54, 1.807) is 0 Å². The first-order valence-corrected chi connectivity index (χ1v) is 7.17. The Hall–Kier alpha value is -1.25. The van der Waals surface area contributed by atoms with E-state index in [1.807, 2.05) is 0 Å². The minimum absolute atomic E-state index is 0.165. The molecule has 0 aliphatic carbocycles. The zero-order chi connectivity index (χ0) is 13.7. The summed E-state index contributed by atoms with van der Waals surface area (Å²) in [5.74, 6) is 0.761. The molecule has 1 aliphatic heterocycles. The highest BCUT2D eigenvalue weighted by Crippen LogP contribution is 2.34. The molecule has 0 radical (unpaired) electrons. The molecule has 1 aromatic rings. The smallest absolute Gasteiger partial charge is 0.348 e. The molecule has 0 unspecified atom stereocenters. The minimum atomic E-state index is -0.334. The van der Waals surface area contributed by atoms with Crippen LogP contribution in [0, 0.1) is 10.1 Å². The van der Waals surface area contributed by atoms with Crippen LogP contribution >= 0.6 is 11.5 Å². The van der Waals surface area contributed by atoms with Crippen LogP contribution in [-0.2, 0) is 11.2 Å². The molecule has 1 aliphatic rings. The Morgan fingerprint density at radius 2 is 2.16 bits per heavy atom. The molecule has 0 aromatic carbocycles. The zero-order valence-electron chi connectivity index (χ0n) is 10.7. The van der Waals surface area contributed by atoms with Crippen LogP contribution in [0.2, 0.25) is 0 Å². The van der Waals surface area contributed by atoms with Crippen LogP contribution in [0.1, 0.15) is 18.4 Å². The van der Waals surface area contributed by atoms with E-state index in [-0.39, 0.29) is 9.92 Å². The van der Waals surface area contributed by atoms with E-state index >= 15 is 0 Å². The van der Waals surface area contributed by atoms with Gasteiger partial charge in [0.2, 0.25) is 0 Å². The highest BCUT2D eigenvalue weighted by atomic mass is 32.1. The van der Waals surface area contributed by atoms with Crippen molar-refractivity contribution in [3.63, 3.8) is 0 Å². The van der Waals surface area contributed by atoms with Gasteiger partial charge in [0.25, 0.3) is 0 Å². The van der Waals surface area contributed by atoms with Gasteiger partial charge in [-0.3, -0.25) is 10.1 Å². The number of aromatic nitrogens is 1. The van der Waals surface area contributed by atoms with Crippen molar-refractivity contribution in [1.82, 2.24) is 4.37 Å². The van der Waals surface area contributed by atoms with E-state index in [9.17, 15) is 10.1 Å². The van der Waals surface area contributed by atoms with Crippen molar-refractivity contribution < 1.29 is 9.66 Å². The number of nitrogens with two attached hydrogens (primary N) is 1. The fourth-order valence-electron chi connectivity index (χ4n) is 2.12. The van der Waals surface area contributed by atoms with Crippen LogP contribution in [0.15, 0.2) is 0 Å².